The molecule has 272 valence electrons. The van der Waals surface area contributed by atoms with E-state index in [1.165, 1.54) is 75.8 Å². The molecule has 10 aromatic carbocycles. The van der Waals surface area contributed by atoms with Crippen molar-refractivity contribution in [2.45, 2.75) is 19.3 Å². The fraction of sp³-hybridized carbons (Fsp3) is 0.0545. The van der Waals surface area contributed by atoms with Crippen LogP contribution >= 0.6 is 0 Å². The van der Waals surface area contributed by atoms with Crippen molar-refractivity contribution < 1.29 is 8.83 Å². The van der Waals surface area contributed by atoms with Crippen molar-refractivity contribution in [2.24, 2.45) is 0 Å². The minimum atomic E-state index is 0.0858. The minimum Gasteiger partial charge on any atom is -0.456 e. The maximum atomic E-state index is 6.07. The van der Waals surface area contributed by atoms with E-state index in [-0.39, 0.29) is 5.41 Å². The molecule has 0 unspecified atom stereocenters. The third-order valence-corrected chi connectivity index (χ3v) is 11.5. The Morgan fingerprint density at radius 3 is 0.789 bits per heavy atom. The molecule has 12 aromatic rings. The van der Waals surface area contributed by atoms with Gasteiger partial charge in [-0.05, 0) is 78.5 Å². The maximum Gasteiger partial charge on any atom is 0.136 e. The molecule has 0 saturated carbocycles. The highest BCUT2D eigenvalue weighted by Crippen LogP contribution is 2.40. The van der Waals surface area contributed by atoms with Gasteiger partial charge in [0, 0.05) is 27.0 Å². The van der Waals surface area contributed by atoms with E-state index in [9.17, 15) is 0 Å². The van der Waals surface area contributed by atoms with Crippen LogP contribution in [0.1, 0.15) is 25.0 Å². The molecule has 0 aliphatic heterocycles. The van der Waals surface area contributed by atoms with E-state index >= 15 is 0 Å². The van der Waals surface area contributed by atoms with E-state index in [0.29, 0.717) is 0 Å². The van der Waals surface area contributed by atoms with Crippen molar-refractivity contribution in [1.82, 2.24) is 0 Å². The van der Waals surface area contributed by atoms with E-state index in [1.54, 1.807) is 0 Å². The summed E-state index contributed by atoms with van der Waals surface area (Å²) in [6.45, 7) is 4.52. The van der Waals surface area contributed by atoms with Crippen LogP contribution in [0.5, 0.6) is 0 Å². The van der Waals surface area contributed by atoms with Gasteiger partial charge in [0.15, 0.2) is 0 Å². The monoisotopic (exact) mass is 732 g/mol. The van der Waals surface area contributed by atoms with Gasteiger partial charge >= 0.3 is 0 Å². The number of hydrogen-bond donors (Lipinski definition) is 0. The van der Waals surface area contributed by atoms with Gasteiger partial charge in [0.1, 0.15) is 22.3 Å². The first-order valence-electron chi connectivity index (χ1n) is 19.6. The second-order valence-corrected chi connectivity index (χ2v) is 15.2. The molecule has 2 heterocycles. The lowest BCUT2D eigenvalue weighted by molar-refractivity contribution is 0.641. The van der Waals surface area contributed by atoms with Gasteiger partial charge in [-0.15, -0.1) is 0 Å². The van der Waals surface area contributed by atoms with Gasteiger partial charge in [-0.2, -0.15) is 0 Å². The first-order chi connectivity index (χ1) is 28.0. The summed E-state index contributed by atoms with van der Waals surface area (Å²) in [4.78, 5) is 0. The second kappa shape index (κ2) is 14.2. The number of benzene rings is 10. The third kappa shape index (κ3) is 6.07. The average Bonchev–Trinajstić information content (AvgIpc) is 3.87. The Hall–Kier alpha value is -7.16. The van der Waals surface area contributed by atoms with Crippen molar-refractivity contribution >= 4 is 87.0 Å². The van der Waals surface area contributed by atoms with Crippen LogP contribution in [0.2, 0.25) is 0 Å². The molecule has 2 nitrogen and oxygen atoms in total. The minimum absolute atomic E-state index is 0.0858. The van der Waals surface area contributed by atoms with Crippen molar-refractivity contribution in [1.29, 1.82) is 0 Å². The molecule has 0 fully saturated rings. The van der Waals surface area contributed by atoms with Crippen LogP contribution in [0.15, 0.2) is 215 Å². The predicted octanol–water partition coefficient (Wildman–Crippen LogP) is 15.8. The summed E-state index contributed by atoms with van der Waals surface area (Å²) < 4.78 is 12.1. The zero-order chi connectivity index (χ0) is 38.3. The number of hydrogen-bond acceptors (Lipinski definition) is 2. The van der Waals surface area contributed by atoms with Gasteiger partial charge in [0.2, 0.25) is 0 Å². The second-order valence-electron chi connectivity index (χ2n) is 15.2. The average molecular weight is 733 g/mol. The summed E-state index contributed by atoms with van der Waals surface area (Å²) in [6, 6.07) is 72.0. The summed E-state index contributed by atoms with van der Waals surface area (Å²) in [7, 11) is 0. The molecule has 0 saturated heterocycles. The molecule has 0 N–H and O–H groups in total. The first kappa shape index (κ1) is 34.3. The maximum absolute atomic E-state index is 6.07. The molecular weight excluding hydrogens is 693 g/mol. The standard InChI is InChI=1S/2C20H12O.C15H16/c2*1-3-7-15-13(5-1)9-11-17-19(15)20-16-8-4-2-6-14(16)10-12-18(20)21-17;1-15(2,13-9-5-3-6-10-13)14-11-7-4-8-12-14/h2*1-12H;3-12H,1-2H3. The molecule has 2 aromatic heterocycles. The van der Waals surface area contributed by atoms with Crippen molar-refractivity contribution in [3.63, 3.8) is 0 Å². The third-order valence-electron chi connectivity index (χ3n) is 11.5. The quantitative estimate of drug-likeness (QED) is 0.177. The Morgan fingerprint density at radius 1 is 0.263 bits per heavy atom. The van der Waals surface area contributed by atoms with E-state index in [4.69, 9.17) is 8.83 Å². The van der Waals surface area contributed by atoms with Gasteiger partial charge < -0.3 is 8.83 Å². The molecule has 57 heavy (non-hydrogen) atoms. The lowest BCUT2D eigenvalue weighted by Crippen LogP contribution is -2.18. The summed E-state index contributed by atoms with van der Waals surface area (Å²) in [6.07, 6.45) is 0. The largest absolute Gasteiger partial charge is 0.456 e. The molecule has 0 spiro atoms. The summed E-state index contributed by atoms with van der Waals surface area (Å²) in [5.41, 5.74) is 6.63. The molecule has 0 aliphatic carbocycles. The number of furan rings is 2. The molecule has 0 radical (unpaired) electrons. The van der Waals surface area contributed by atoms with Crippen molar-refractivity contribution in [2.75, 3.05) is 0 Å². The predicted molar refractivity (Wildman–Crippen MR) is 242 cm³/mol. The lowest BCUT2D eigenvalue weighted by Gasteiger charge is -2.25. The SMILES string of the molecule is CC(C)(c1ccccc1)c1ccccc1.c1ccc2c(c1)ccc1oc3ccc4ccccc4c3c12.c1ccc2c(c1)ccc1oc3ccc4ccccc4c3c12. The molecule has 12 rings (SSSR count). The highest BCUT2D eigenvalue weighted by atomic mass is 16.3. The van der Waals surface area contributed by atoms with Crippen LogP contribution in [0.25, 0.3) is 87.0 Å². The highest BCUT2D eigenvalue weighted by Gasteiger charge is 2.22. The Morgan fingerprint density at radius 2 is 0.509 bits per heavy atom. The van der Waals surface area contributed by atoms with Crippen LogP contribution in [0.4, 0.5) is 0 Å². The molecule has 0 amide bonds. The fourth-order valence-corrected chi connectivity index (χ4v) is 8.49. The van der Waals surface area contributed by atoms with Crippen molar-refractivity contribution in [3.8, 4) is 0 Å². The van der Waals surface area contributed by atoms with Crippen molar-refractivity contribution in [3.05, 3.63) is 217 Å². The number of rotatable bonds is 2. The molecule has 2 heteroatoms. The van der Waals surface area contributed by atoms with E-state index < -0.39 is 0 Å². The van der Waals surface area contributed by atoms with Crippen LogP contribution in [0.3, 0.4) is 0 Å². The zero-order valence-electron chi connectivity index (χ0n) is 31.9. The normalized spacial score (nSPS) is 11.7. The summed E-state index contributed by atoms with van der Waals surface area (Å²) in [5, 5.41) is 14.9. The van der Waals surface area contributed by atoms with Gasteiger partial charge in [0.05, 0.1) is 0 Å². The first-order valence-corrected chi connectivity index (χ1v) is 19.6. The summed E-state index contributed by atoms with van der Waals surface area (Å²) in [5.74, 6) is 0. The van der Waals surface area contributed by atoms with E-state index in [1.807, 2.05) is 0 Å². The van der Waals surface area contributed by atoms with Gasteiger partial charge in [0.25, 0.3) is 0 Å². The van der Waals surface area contributed by atoms with E-state index in [2.05, 4.69) is 220 Å². The Labute approximate surface area is 331 Å². The Kier molecular flexibility index (Phi) is 8.53. The Bertz CT molecular complexity index is 2960. The summed E-state index contributed by atoms with van der Waals surface area (Å²) >= 11 is 0. The van der Waals surface area contributed by atoms with Gasteiger partial charge in [-0.3, -0.25) is 0 Å². The smallest absolute Gasteiger partial charge is 0.136 e. The van der Waals surface area contributed by atoms with Crippen LogP contribution in [-0.2, 0) is 5.41 Å². The van der Waals surface area contributed by atoms with Crippen LogP contribution in [0, 0.1) is 0 Å². The van der Waals surface area contributed by atoms with E-state index in [0.717, 1.165) is 22.3 Å². The molecule has 0 atom stereocenters. The number of fused-ring (bicyclic) bond motifs is 14. The lowest BCUT2D eigenvalue weighted by atomic mass is 9.78. The molecular formula is C55H40O2. The molecule has 0 aliphatic rings. The van der Waals surface area contributed by atoms with Crippen LogP contribution < -0.4 is 0 Å². The van der Waals surface area contributed by atoms with Gasteiger partial charge in [-0.1, -0.05) is 196 Å². The zero-order valence-corrected chi connectivity index (χ0v) is 31.9. The molecule has 0 bridgehead atoms. The van der Waals surface area contributed by atoms with Gasteiger partial charge in [-0.25, -0.2) is 0 Å². The topological polar surface area (TPSA) is 26.3 Å². The Balaban J connectivity index is 0.000000106. The highest BCUT2D eigenvalue weighted by molar-refractivity contribution is 6.27. The van der Waals surface area contributed by atoms with Crippen LogP contribution in [-0.4, -0.2) is 0 Å². The fourth-order valence-electron chi connectivity index (χ4n) is 8.49.